The first-order valence-corrected chi connectivity index (χ1v) is 7.45. The Morgan fingerprint density at radius 1 is 1.37 bits per heavy atom. The molecular formula is C14H18Cl2N2O. The topological polar surface area (TPSA) is 42.0 Å². The molecule has 1 heterocycles. The molecular weight excluding hydrogens is 283 g/mol. The van der Waals surface area contributed by atoms with Crippen LogP contribution in [0.1, 0.15) is 49.4 Å². The van der Waals surface area contributed by atoms with Crippen molar-refractivity contribution in [1.29, 1.82) is 0 Å². The number of pyridine rings is 1. The van der Waals surface area contributed by atoms with Crippen molar-refractivity contribution in [2.24, 2.45) is 5.92 Å². The number of carbonyl (C=O) groups is 1. The molecule has 1 aliphatic rings. The van der Waals surface area contributed by atoms with Gasteiger partial charge in [0.25, 0.3) is 5.91 Å². The number of hydrogen-bond donors (Lipinski definition) is 1. The Morgan fingerprint density at radius 2 is 2.05 bits per heavy atom. The van der Waals surface area contributed by atoms with Gasteiger partial charge in [0, 0.05) is 12.2 Å². The number of amides is 1. The number of nitrogens with zero attached hydrogens (tertiary/aromatic N) is 1. The number of nitrogens with one attached hydrogen (secondary N) is 1. The Morgan fingerprint density at radius 3 is 2.68 bits per heavy atom. The van der Waals surface area contributed by atoms with E-state index in [9.17, 15) is 4.79 Å². The van der Waals surface area contributed by atoms with Crippen molar-refractivity contribution < 1.29 is 4.79 Å². The summed E-state index contributed by atoms with van der Waals surface area (Å²) in [6, 6.07) is 1.74. The van der Waals surface area contributed by atoms with Gasteiger partial charge in [0.15, 0.2) is 0 Å². The van der Waals surface area contributed by atoms with Gasteiger partial charge in [-0.15, -0.1) is 0 Å². The van der Waals surface area contributed by atoms with Crippen molar-refractivity contribution in [2.45, 2.75) is 45.1 Å². The van der Waals surface area contributed by atoms with Gasteiger partial charge in [0.1, 0.15) is 5.15 Å². The monoisotopic (exact) mass is 300 g/mol. The van der Waals surface area contributed by atoms with Crippen LogP contribution in [-0.4, -0.2) is 16.9 Å². The van der Waals surface area contributed by atoms with Crippen molar-refractivity contribution in [3.63, 3.8) is 0 Å². The largest absolute Gasteiger partial charge is 0.349 e. The lowest BCUT2D eigenvalue weighted by atomic mass is 9.84. The summed E-state index contributed by atoms with van der Waals surface area (Å²) in [5.41, 5.74) is 0.456. The molecule has 1 aromatic heterocycles. The lowest BCUT2D eigenvalue weighted by Gasteiger charge is -2.28. The molecule has 1 fully saturated rings. The molecule has 0 saturated heterocycles. The molecule has 1 aromatic rings. The molecule has 0 radical (unpaired) electrons. The summed E-state index contributed by atoms with van der Waals surface area (Å²) >= 11 is 11.6. The second-order valence-corrected chi connectivity index (χ2v) is 5.92. The zero-order chi connectivity index (χ0) is 13.8. The first kappa shape index (κ1) is 14.6. The quantitative estimate of drug-likeness (QED) is 0.854. The Balaban J connectivity index is 1.97. The van der Waals surface area contributed by atoms with Crippen molar-refractivity contribution in [3.8, 4) is 0 Å². The first-order chi connectivity index (χ1) is 9.08. The van der Waals surface area contributed by atoms with Crippen molar-refractivity contribution >= 4 is 29.1 Å². The van der Waals surface area contributed by atoms with E-state index in [0.29, 0.717) is 16.5 Å². The molecule has 1 aliphatic carbocycles. The summed E-state index contributed by atoms with van der Waals surface area (Å²) in [5, 5.41) is 3.56. The number of hydrogen-bond acceptors (Lipinski definition) is 2. The van der Waals surface area contributed by atoms with E-state index in [1.165, 1.54) is 38.3 Å². The number of carbonyl (C=O) groups excluding carboxylic acids is 1. The molecule has 0 spiro atoms. The Labute approximate surface area is 123 Å². The highest BCUT2D eigenvalue weighted by Gasteiger charge is 2.22. The predicted octanol–water partition coefficient (Wildman–Crippen LogP) is 4.09. The van der Waals surface area contributed by atoms with Gasteiger partial charge in [-0.25, -0.2) is 4.98 Å². The highest BCUT2D eigenvalue weighted by atomic mass is 35.5. The molecule has 1 atom stereocenters. The molecule has 3 nitrogen and oxygen atoms in total. The van der Waals surface area contributed by atoms with Gasteiger partial charge in [-0.3, -0.25) is 4.79 Å². The van der Waals surface area contributed by atoms with Gasteiger partial charge in [-0.2, -0.15) is 0 Å². The van der Waals surface area contributed by atoms with E-state index in [-0.39, 0.29) is 17.1 Å². The van der Waals surface area contributed by atoms with Crippen molar-refractivity contribution in [2.75, 3.05) is 0 Å². The van der Waals surface area contributed by atoms with E-state index in [1.807, 2.05) is 0 Å². The summed E-state index contributed by atoms with van der Waals surface area (Å²) in [7, 11) is 0. The molecule has 0 bridgehead atoms. The Kier molecular flexibility index (Phi) is 5.06. The second kappa shape index (κ2) is 6.58. The van der Waals surface area contributed by atoms with E-state index < -0.39 is 0 Å². The lowest BCUT2D eigenvalue weighted by molar-refractivity contribution is 0.0919. The van der Waals surface area contributed by atoms with Crippen LogP contribution >= 0.6 is 23.2 Å². The Hall–Kier alpha value is -0.800. The zero-order valence-corrected chi connectivity index (χ0v) is 12.5. The van der Waals surface area contributed by atoms with Crippen LogP contribution in [0, 0.1) is 5.92 Å². The number of aromatic nitrogens is 1. The third-order valence-corrected chi connectivity index (χ3v) is 4.46. The first-order valence-electron chi connectivity index (χ1n) is 6.70. The molecule has 5 heteroatoms. The summed E-state index contributed by atoms with van der Waals surface area (Å²) < 4.78 is 0. The average Bonchev–Trinajstić information content (AvgIpc) is 2.42. The summed E-state index contributed by atoms with van der Waals surface area (Å²) in [4.78, 5) is 16.0. The molecule has 0 aliphatic heterocycles. The van der Waals surface area contributed by atoms with Crippen LogP contribution in [0.2, 0.25) is 10.2 Å². The van der Waals surface area contributed by atoms with Crippen LogP contribution in [0.15, 0.2) is 12.3 Å². The second-order valence-electron chi connectivity index (χ2n) is 5.16. The minimum absolute atomic E-state index is 0.135. The molecule has 0 aromatic carbocycles. The summed E-state index contributed by atoms with van der Waals surface area (Å²) in [5.74, 6) is 0.442. The normalized spacial score (nSPS) is 18.1. The van der Waals surface area contributed by atoms with Crippen LogP contribution in [-0.2, 0) is 0 Å². The van der Waals surface area contributed by atoms with Crippen LogP contribution in [0.3, 0.4) is 0 Å². The van der Waals surface area contributed by atoms with Gasteiger partial charge in [0.2, 0.25) is 0 Å². The molecule has 1 saturated carbocycles. The fourth-order valence-corrected chi connectivity index (χ4v) is 2.86. The van der Waals surface area contributed by atoms with Gasteiger partial charge >= 0.3 is 0 Å². The van der Waals surface area contributed by atoms with Crippen LogP contribution in [0.25, 0.3) is 0 Å². The van der Waals surface area contributed by atoms with E-state index in [0.717, 1.165) is 0 Å². The fourth-order valence-electron chi connectivity index (χ4n) is 2.59. The van der Waals surface area contributed by atoms with Crippen LogP contribution in [0.4, 0.5) is 0 Å². The smallest absolute Gasteiger partial charge is 0.253 e. The maximum Gasteiger partial charge on any atom is 0.253 e. The highest BCUT2D eigenvalue weighted by molar-refractivity contribution is 6.41. The summed E-state index contributed by atoms with van der Waals surface area (Å²) in [6.45, 7) is 2.07. The third kappa shape index (κ3) is 3.83. The van der Waals surface area contributed by atoms with E-state index >= 15 is 0 Å². The van der Waals surface area contributed by atoms with Crippen LogP contribution < -0.4 is 5.32 Å². The molecule has 1 N–H and O–H groups in total. The molecule has 2 rings (SSSR count). The molecule has 19 heavy (non-hydrogen) atoms. The van der Waals surface area contributed by atoms with Gasteiger partial charge < -0.3 is 5.32 Å². The Bertz CT molecular complexity index is 459. The standard InChI is InChI=1S/C14H18Cl2N2O/c1-9(10-5-3-2-4-6-10)18-14(19)11-7-12(15)13(16)17-8-11/h7-10H,2-6H2,1H3,(H,18,19). The maximum atomic E-state index is 12.1. The zero-order valence-electron chi connectivity index (χ0n) is 11.0. The van der Waals surface area contributed by atoms with E-state index in [1.54, 1.807) is 6.07 Å². The lowest BCUT2D eigenvalue weighted by Crippen LogP contribution is -2.38. The van der Waals surface area contributed by atoms with Crippen molar-refractivity contribution in [3.05, 3.63) is 28.0 Å². The van der Waals surface area contributed by atoms with E-state index in [2.05, 4.69) is 17.2 Å². The number of rotatable bonds is 3. The number of halogens is 2. The van der Waals surface area contributed by atoms with E-state index in [4.69, 9.17) is 23.2 Å². The maximum absolute atomic E-state index is 12.1. The SMILES string of the molecule is CC(NC(=O)c1cnc(Cl)c(Cl)c1)C1CCCCC1. The highest BCUT2D eigenvalue weighted by Crippen LogP contribution is 2.26. The van der Waals surface area contributed by atoms with Crippen molar-refractivity contribution in [1.82, 2.24) is 10.3 Å². The van der Waals surface area contributed by atoms with Crippen LogP contribution in [0.5, 0.6) is 0 Å². The average molecular weight is 301 g/mol. The minimum Gasteiger partial charge on any atom is -0.349 e. The molecule has 104 valence electrons. The van der Waals surface area contributed by atoms with Gasteiger partial charge in [-0.05, 0) is 31.7 Å². The van der Waals surface area contributed by atoms with Gasteiger partial charge in [-0.1, -0.05) is 42.5 Å². The third-order valence-electron chi connectivity index (χ3n) is 3.77. The minimum atomic E-state index is -0.135. The summed E-state index contributed by atoms with van der Waals surface area (Å²) in [6.07, 6.45) is 7.69. The fraction of sp³-hybridized carbons (Fsp3) is 0.571. The molecule has 1 amide bonds. The van der Waals surface area contributed by atoms with Gasteiger partial charge in [0.05, 0.1) is 10.6 Å². The molecule has 1 unspecified atom stereocenters. The predicted molar refractivity (Wildman–Crippen MR) is 77.8 cm³/mol.